The van der Waals surface area contributed by atoms with Gasteiger partial charge in [0.25, 0.3) is 0 Å². The van der Waals surface area contributed by atoms with Crippen LogP contribution < -0.4 is 0 Å². The number of aliphatic hydroxyl groups is 1. The quantitative estimate of drug-likeness (QED) is 0.624. The average Bonchev–Trinajstić information content (AvgIpc) is 1.97. The van der Waals surface area contributed by atoms with Gasteiger partial charge < -0.3 is 5.11 Å². The third-order valence-electron chi connectivity index (χ3n) is 2.29. The summed E-state index contributed by atoms with van der Waals surface area (Å²) in [5.41, 5.74) is 1.17. The molecule has 0 saturated carbocycles. The Hall–Kier alpha value is -0.270. The van der Waals surface area contributed by atoms with Crippen LogP contribution >= 0.6 is 11.6 Å². The number of alkyl halides is 1. The van der Waals surface area contributed by atoms with E-state index in [1.54, 1.807) is 0 Å². The molecule has 1 nitrogen and oxygen atoms in total. The van der Waals surface area contributed by atoms with Crippen LogP contribution in [0.4, 0.5) is 0 Å². The Morgan fingerprint density at radius 1 is 1.75 bits per heavy atom. The highest BCUT2D eigenvalue weighted by molar-refractivity contribution is 6.18. The van der Waals surface area contributed by atoms with Crippen LogP contribution in [-0.4, -0.2) is 17.1 Å². The monoisotopic (exact) mass is 186 g/mol. The van der Waals surface area contributed by atoms with Crippen LogP contribution in [0.25, 0.3) is 0 Å². The summed E-state index contributed by atoms with van der Waals surface area (Å²) in [6.45, 7) is 4.12. The van der Waals surface area contributed by atoms with Gasteiger partial charge in [-0.25, -0.2) is 0 Å². The van der Waals surface area contributed by atoms with E-state index in [1.165, 1.54) is 5.57 Å². The van der Waals surface area contributed by atoms with Crippen molar-refractivity contribution < 1.29 is 5.11 Å². The van der Waals surface area contributed by atoms with Crippen molar-refractivity contribution in [2.75, 3.05) is 5.88 Å². The minimum absolute atomic E-state index is 0.0490. The van der Waals surface area contributed by atoms with Gasteiger partial charge in [0.15, 0.2) is 0 Å². The van der Waals surface area contributed by atoms with Gasteiger partial charge in [0.2, 0.25) is 0 Å². The lowest BCUT2D eigenvalue weighted by Crippen LogP contribution is -2.30. The Labute approximate surface area is 78.7 Å². The average molecular weight is 187 g/mol. The van der Waals surface area contributed by atoms with Gasteiger partial charge in [-0.3, -0.25) is 0 Å². The molecule has 0 aromatic heterocycles. The Bertz CT molecular complexity index is 216. The van der Waals surface area contributed by atoms with Crippen molar-refractivity contribution in [1.82, 2.24) is 0 Å². The van der Waals surface area contributed by atoms with Gasteiger partial charge >= 0.3 is 0 Å². The molecule has 0 spiro atoms. The van der Waals surface area contributed by atoms with Crippen molar-refractivity contribution in [2.24, 2.45) is 5.41 Å². The highest BCUT2D eigenvalue weighted by Gasteiger charge is 2.29. The summed E-state index contributed by atoms with van der Waals surface area (Å²) < 4.78 is 0. The molecule has 2 heteroatoms. The van der Waals surface area contributed by atoms with Crippen molar-refractivity contribution >= 4 is 11.6 Å². The van der Waals surface area contributed by atoms with Gasteiger partial charge in [-0.1, -0.05) is 37.6 Å². The largest absolute Gasteiger partial charge is 0.388 e. The van der Waals surface area contributed by atoms with Gasteiger partial charge in [-0.2, -0.15) is 0 Å². The van der Waals surface area contributed by atoms with E-state index in [-0.39, 0.29) is 11.5 Å². The van der Waals surface area contributed by atoms with E-state index in [2.05, 4.69) is 13.8 Å². The number of allylic oxidation sites excluding steroid dienone is 3. The molecule has 0 aliphatic heterocycles. The molecule has 0 fully saturated rings. The number of hydrogen-bond acceptors (Lipinski definition) is 1. The maximum absolute atomic E-state index is 9.58. The SMILES string of the molecule is CC1(C)C/C(=C\CCl)C=CC1O. The van der Waals surface area contributed by atoms with Crippen LogP contribution in [0.15, 0.2) is 23.8 Å². The molecule has 1 atom stereocenters. The minimum atomic E-state index is -0.329. The number of rotatable bonds is 1. The number of halogens is 1. The molecule has 0 heterocycles. The lowest BCUT2D eigenvalue weighted by molar-refractivity contribution is 0.0870. The zero-order valence-corrected chi connectivity index (χ0v) is 8.30. The van der Waals surface area contributed by atoms with E-state index < -0.39 is 0 Å². The Kier molecular flexibility index (Phi) is 2.97. The molecule has 1 aliphatic rings. The van der Waals surface area contributed by atoms with E-state index in [0.717, 1.165) is 6.42 Å². The van der Waals surface area contributed by atoms with Crippen molar-refractivity contribution in [3.63, 3.8) is 0 Å². The highest BCUT2D eigenvalue weighted by atomic mass is 35.5. The van der Waals surface area contributed by atoms with E-state index in [0.29, 0.717) is 5.88 Å². The standard InChI is InChI=1S/C10H15ClO/c1-10(2)7-8(5-6-11)3-4-9(10)12/h3-5,9,12H,6-7H2,1-2H3/b8-5-. The lowest BCUT2D eigenvalue weighted by atomic mass is 9.76. The summed E-state index contributed by atoms with van der Waals surface area (Å²) in [5, 5.41) is 9.58. The van der Waals surface area contributed by atoms with Gasteiger partial charge in [-0.15, -0.1) is 11.6 Å². The third-order valence-corrected chi connectivity index (χ3v) is 2.45. The lowest BCUT2D eigenvalue weighted by Gasteiger charge is -2.32. The normalized spacial score (nSPS) is 31.0. The van der Waals surface area contributed by atoms with Gasteiger partial charge in [0.1, 0.15) is 0 Å². The summed E-state index contributed by atoms with van der Waals surface area (Å²) in [5.74, 6) is 0.547. The summed E-state index contributed by atoms with van der Waals surface area (Å²) >= 11 is 5.59. The predicted octanol–water partition coefficient (Wildman–Crippen LogP) is 2.50. The van der Waals surface area contributed by atoms with Crippen LogP contribution in [0.2, 0.25) is 0 Å². The second-order valence-corrected chi connectivity index (χ2v) is 4.21. The topological polar surface area (TPSA) is 20.2 Å². The predicted molar refractivity (Wildman–Crippen MR) is 52.3 cm³/mol. The van der Waals surface area contributed by atoms with Crippen LogP contribution in [0.3, 0.4) is 0 Å². The Balaban J connectivity index is 2.79. The number of hydrogen-bond donors (Lipinski definition) is 1. The Morgan fingerprint density at radius 2 is 2.42 bits per heavy atom. The maximum Gasteiger partial charge on any atom is 0.0778 e. The fourth-order valence-corrected chi connectivity index (χ4v) is 1.60. The van der Waals surface area contributed by atoms with Gasteiger partial charge in [0, 0.05) is 5.88 Å². The molecule has 1 aliphatic carbocycles. The van der Waals surface area contributed by atoms with Crippen LogP contribution in [0.1, 0.15) is 20.3 Å². The molecule has 0 aromatic rings. The molecule has 12 heavy (non-hydrogen) atoms. The van der Waals surface area contributed by atoms with Crippen LogP contribution in [-0.2, 0) is 0 Å². The zero-order valence-electron chi connectivity index (χ0n) is 7.55. The molecule has 68 valence electrons. The molecular formula is C10H15ClO. The minimum Gasteiger partial charge on any atom is -0.388 e. The second kappa shape index (κ2) is 3.63. The van der Waals surface area contributed by atoms with E-state index in [9.17, 15) is 5.11 Å². The molecule has 0 radical (unpaired) electrons. The molecule has 0 bridgehead atoms. The third kappa shape index (κ3) is 2.11. The maximum atomic E-state index is 9.58. The summed E-state index contributed by atoms with van der Waals surface area (Å²) in [7, 11) is 0. The molecule has 1 N–H and O–H groups in total. The van der Waals surface area contributed by atoms with E-state index in [1.807, 2.05) is 18.2 Å². The van der Waals surface area contributed by atoms with Crippen molar-refractivity contribution in [2.45, 2.75) is 26.4 Å². The first kappa shape index (κ1) is 9.82. The molecule has 0 saturated heterocycles. The molecule has 1 rings (SSSR count). The van der Waals surface area contributed by atoms with Gasteiger partial charge in [-0.05, 0) is 11.8 Å². The fourth-order valence-electron chi connectivity index (χ4n) is 1.40. The first-order valence-electron chi connectivity index (χ1n) is 4.17. The molecule has 1 unspecified atom stereocenters. The summed E-state index contributed by atoms with van der Waals surface area (Å²) in [6.07, 6.45) is 6.36. The molecular weight excluding hydrogens is 172 g/mol. The second-order valence-electron chi connectivity index (χ2n) is 3.90. The molecule has 0 aromatic carbocycles. The van der Waals surface area contributed by atoms with E-state index >= 15 is 0 Å². The highest BCUT2D eigenvalue weighted by Crippen LogP contribution is 2.34. The Morgan fingerprint density at radius 3 is 2.92 bits per heavy atom. The van der Waals surface area contributed by atoms with Crippen molar-refractivity contribution in [1.29, 1.82) is 0 Å². The zero-order chi connectivity index (χ0) is 9.19. The summed E-state index contributed by atoms with van der Waals surface area (Å²) in [6, 6.07) is 0. The van der Waals surface area contributed by atoms with E-state index in [4.69, 9.17) is 11.6 Å². The van der Waals surface area contributed by atoms with Crippen molar-refractivity contribution in [3.05, 3.63) is 23.8 Å². The van der Waals surface area contributed by atoms with Gasteiger partial charge in [0.05, 0.1) is 6.10 Å². The van der Waals surface area contributed by atoms with Crippen molar-refractivity contribution in [3.8, 4) is 0 Å². The summed E-state index contributed by atoms with van der Waals surface area (Å²) in [4.78, 5) is 0. The fraction of sp³-hybridized carbons (Fsp3) is 0.600. The van der Waals surface area contributed by atoms with Crippen LogP contribution in [0.5, 0.6) is 0 Å². The first-order chi connectivity index (χ1) is 5.56. The number of aliphatic hydroxyl groups excluding tert-OH is 1. The van der Waals surface area contributed by atoms with Crippen LogP contribution in [0, 0.1) is 5.41 Å². The first-order valence-corrected chi connectivity index (χ1v) is 4.71. The smallest absolute Gasteiger partial charge is 0.0778 e. The molecule has 0 amide bonds.